The zero-order valence-electron chi connectivity index (χ0n) is 15.5. The molecule has 29 heavy (non-hydrogen) atoms. The van der Waals surface area contributed by atoms with Crippen molar-refractivity contribution in [3.05, 3.63) is 71.3 Å². The first-order valence-electron chi connectivity index (χ1n) is 8.75. The van der Waals surface area contributed by atoms with E-state index in [0.29, 0.717) is 31.7 Å². The van der Waals surface area contributed by atoms with Crippen LogP contribution in [0.15, 0.2) is 54.6 Å². The molecule has 3 rings (SSSR count). The summed E-state index contributed by atoms with van der Waals surface area (Å²) in [6, 6.07) is 14.6. The number of halogens is 5. The second kappa shape index (κ2) is 10.8. The van der Waals surface area contributed by atoms with Crippen LogP contribution in [0.5, 0.6) is 0 Å². The summed E-state index contributed by atoms with van der Waals surface area (Å²) in [7, 11) is 0. The highest BCUT2D eigenvalue weighted by molar-refractivity contribution is 5.85. The average molecular weight is 451 g/mol. The van der Waals surface area contributed by atoms with Gasteiger partial charge in [-0.05, 0) is 23.3 Å². The fraction of sp³-hybridized carbons (Fsp3) is 0.350. The lowest BCUT2D eigenvalue weighted by Crippen LogP contribution is -2.49. The zero-order valence-corrected chi connectivity index (χ0v) is 17.1. The van der Waals surface area contributed by atoms with Gasteiger partial charge in [0.05, 0.1) is 18.2 Å². The van der Waals surface area contributed by atoms with E-state index in [9.17, 15) is 18.0 Å². The topological polar surface area (TPSA) is 43.8 Å². The molecule has 0 amide bonds. The largest absolute Gasteiger partial charge is 0.480 e. The van der Waals surface area contributed by atoms with Gasteiger partial charge < -0.3 is 5.11 Å². The standard InChI is InChI=1S/C20H21F3N2O2.2ClH/c21-20(22,23)17-8-4-7-16(13-17)19(15-5-2-1-3-6-15)25-11-9-24(10-12-25)14-18(26)27;;/h1-8,13,19H,9-12,14H2,(H,26,27);2*1H/t19-;;/m1../s1. The Labute approximate surface area is 180 Å². The molecule has 1 aliphatic rings. The van der Waals surface area contributed by atoms with Crippen molar-refractivity contribution < 1.29 is 23.1 Å². The summed E-state index contributed by atoms with van der Waals surface area (Å²) in [6.45, 7) is 2.28. The van der Waals surface area contributed by atoms with E-state index in [0.717, 1.165) is 11.6 Å². The molecule has 160 valence electrons. The Bertz CT molecular complexity index is 783. The van der Waals surface area contributed by atoms with Crippen molar-refractivity contribution >= 4 is 30.8 Å². The van der Waals surface area contributed by atoms with Gasteiger partial charge >= 0.3 is 12.1 Å². The van der Waals surface area contributed by atoms with E-state index in [1.807, 2.05) is 35.2 Å². The number of rotatable bonds is 5. The number of nitrogens with zero attached hydrogens (tertiary/aromatic N) is 2. The number of benzene rings is 2. The van der Waals surface area contributed by atoms with Gasteiger partial charge in [0.1, 0.15) is 0 Å². The minimum Gasteiger partial charge on any atom is -0.480 e. The summed E-state index contributed by atoms with van der Waals surface area (Å²) in [4.78, 5) is 14.9. The van der Waals surface area contributed by atoms with Gasteiger partial charge in [-0.1, -0.05) is 42.5 Å². The lowest BCUT2D eigenvalue weighted by molar-refractivity contribution is -0.139. The minimum atomic E-state index is -4.39. The van der Waals surface area contributed by atoms with Crippen LogP contribution in [0.25, 0.3) is 0 Å². The third-order valence-corrected chi connectivity index (χ3v) is 4.78. The molecule has 1 saturated heterocycles. The monoisotopic (exact) mass is 450 g/mol. The highest BCUT2D eigenvalue weighted by atomic mass is 35.5. The van der Waals surface area contributed by atoms with Gasteiger partial charge in [0.15, 0.2) is 0 Å². The highest BCUT2D eigenvalue weighted by Crippen LogP contribution is 2.34. The fourth-order valence-electron chi connectivity index (χ4n) is 3.51. The fourth-order valence-corrected chi connectivity index (χ4v) is 3.51. The van der Waals surface area contributed by atoms with Crippen molar-refractivity contribution in [1.82, 2.24) is 9.80 Å². The van der Waals surface area contributed by atoms with Crippen molar-refractivity contribution in [3.63, 3.8) is 0 Å². The molecule has 0 bridgehead atoms. The Morgan fingerprint density at radius 1 is 0.931 bits per heavy atom. The predicted molar refractivity (Wildman–Crippen MR) is 110 cm³/mol. The minimum absolute atomic E-state index is 0. The van der Waals surface area contributed by atoms with E-state index in [1.165, 1.54) is 12.1 Å². The maximum atomic E-state index is 13.2. The zero-order chi connectivity index (χ0) is 19.4. The number of carbonyl (C=O) groups is 1. The van der Waals surface area contributed by atoms with Crippen LogP contribution in [0.1, 0.15) is 22.7 Å². The van der Waals surface area contributed by atoms with Crippen LogP contribution in [0.4, 0.5) is 13.2 Å². The molecule has 1 fully saturated rings. The summed E-state index contributed by atoms with van der Waals surface area (Å²) in [6.07, 6.45) is -4.39. The first kappa shape index (κ1) is 25.2. The van der Waals surface area contributed by atoms with E-state index < -0.39 is 17.7 Å². The van der Waals surface area contributed by atoms with Crippen LogP contribution >= 0.6 is 24.8 Å². The molecule has 1 N–H and O–H groups in total. The SMILES string of the molecule is Cl.Cl.O=C(O)CN1CCN([C@H](c2ccccc2)c2cccc(C(F)(F)F)c2)CC1. The number of alkyl halides is 3. The van der Waals surface area contributed by atoms with Gasteiger partial charge in [0, 0.05) is 26.2 Å². The molecule has 0 spiro atoms. The number of hydrogen-bond donors (Lipinski definition) is 1. The Kier molecular flexibility index (Phi) is 9.42. The van der Waals surface area contributed by atoms with Crippen LogP contribution in [0, 0.1) is 0 Å². The third kappa shape index (κ3) is 6.60. The molecule has 9 heteroatoms. The van der Waals surface area contributed by atoms with Gasteiger partial charge in [-0.2, -0.15) is 13.2 Å². The first-order chi connectivity index (χ1) is 12.8. The van der Waals surface area contributed by atoms with E-state index in [2.05, 4.69) is 4.90 Å². The van der Waals surface area contributed by atoms with Crippen LogP contribution in [0.2, 0.25) is 0 Å². The molecule has 0 radical (unpaired) electrons. The predicted octanol–water partition coefficient (Wildman–Crippen LogP) is 4.34. The lowest BCUT2D eigenvalue weighted by atomic mass is 9.95. The smallest absolute Gasteiger partial charge is 0.416 e. The summed E-state index contributed by atoms with van der Waals surface area (Å²) in [5.74, 6) is -0.874. The summed E-state index contributed by atoms with van der Waals surface area (Å²) in [5, 5.41) is 8.94. The van der Waals surface area contributed by atoms with Crippen molar-refractivity contribution in [2.24, 2.45) is 0 Å². The van der Waals surface area contributed by atoms with E-state index in [4.69, 9.17) is 5.11 Å². The molecule has 1 aliphatic heterocycles. The van der Waals surface area contributed by atoms with E-state index in [-0.39, 0.29) is 37.4 Å². The maximum Gasteiger partial charge on any atom is 0.416 e. The number of aliphatic carboxylic acids is 1. The first-order valence-corrected chi connectivity index (χ1v) is 8.75. The van der Waals surface area contributed by atoms with Gasteiger partial charge in [0.2, 0.25) is 0 Å². The molecule has 2 aromatic carbocycles. The van der Waals surface area contributed by atoms with Crippen LogP contribution < -0.4 is 0 Å². The maximum absolute atomic E-state index is 13.2. The van der Waals surface area contributed by atoms with Crippen molar-refractivity contribution in [2.45, 2.75) is 12.2 Å². The molecular weight excluding hydrogens is 428 g/mol. The molecule has 1 heterocycles. The summed E-state index contributed by atoms with van der Waals surface area (Å²) < 4.78 is 39.5. The lowest BCUT2D eigenvalue weighted by Gasteiger charge is -2.39. The Morgan fingerprint density at radius 3 is 2.07 bits per heavy atom. The van der Waals surface area contributed by atoms with Crippen molar-refractivity contribution in [3.8, 4) is 0 Å². The van der Waals surface area contributed by atoms with E-state index >= 15 is 0 Å². The molecule has 0 aliphatic carbocycles. The second-order valence-corrected chi connectivity index (χ2v) is 6.64. The summed E-state index contributed by atoms with van der Waals surface area (Å²) in [5.41, 5.74) is 0.844. The van der Waals surface area contributed by atoms with Gasteiger partial charge in [-0.15, -0.1) is 24.8 Å². The van der Waals surface area contributed by atoms with Gasteiger partial charge in [-0.25, -0.2) is 0 Å². The Hall–Kier alpha value is -1.80. The normalized spacial score (nSPS) is 16.4. The molecule has 2 aromatic rings. The number of hydrogen-bond acceptors (Lipinski definition) is 3. The Morgan fingerprint density at radius 2 is 1.52 bits per heavy atom. The Balaban J connectivity index is 0.00000210. The van der Waals surface area contributed by atoms with Gasteiger partial charge in [0.25, 0.3) is 0 Å². The van der Waals surface area contributed by atoms with E-state index in [1.54, 1.807) is 6.07 Å². The molecule has 4 nitrogen and oxygen atoms in total. The second-order valence-electron chi connectivity index (χ2n) is 6.64. The number of piperazine rings is 1. The highest BCUT2D eigenvalue weighted by Gasteiger charge is 2.32. The summed E-state index contributed by atoms with van der Waals surface area (Å²) >= 11 is 0. The molecule has 0 unspecified atom stereocenters. The molecule has 0 aromatic heterocycles. The van der Waals surface area contributed by atoms with Crippen LogP contribution in [0.3, 0.4) is 0 Å². The van der Waals surface area contributed by atoms with Crippen molar-refractivity contribution in [1.29, 1.82) is 0 Å². The molecule has 0 saturated carbocycles. The van der Waals surface area contributed by atoms with Crippen molar-refractivity contribution in [2.75, 3.05) is 32.7 Å². The third-order valence-electron chi connectivity index (χ3n) is 4.78. The van der Waals surface area contributed by atoms with Crippen LogP contribution in [-0.2, 0) is 11.0 Å². The quantitative estimate of drug-likeness (QED) is 0.735. The number of carboxylic acid groups (broad SMARTS) is 1. The number of carboxylic acids is 1. The molecular formula is C20H23Cl2F3N2O2. The van der Waals surface area contributed by atoms with Crippen LogP contribution in [-0.4, -0.2) is 53.6 Å². The average Bonchev–Trinajstić information content (AvgIpc) is 2.63. The van der Waals surface area contributed by atoms with Gasteiger partial charge in [-0.3, -0.25) is 14.6 Å². The molecule has 1 atom stereocenters.